The maximum absolute atomic E-state index is 12.3. The number of hydrogen-bond donors (Lipinski definition) is 1. The molecule has 2 heterocycles. The molecule has 5 nitrogen and oxygen atoms in total. The molecular formula is C10H21N3O2S. The van der Waals surface area contributed by atoms with E-state index in [2.05, 4.69) is 0 Å². The highest BCUT2D eigenvalue weighted by molar-refractivity contribution is 7.86. The summed E-state index contributed by atoms with van der Waals surface area (Å²) in [6.07, 6.45) is 3.06. The van der Waals surface area contributed by atoms with E-state index in [0.29, 0.717) is 19.6 Å². The molecule has 6 heteroatoms. The minimum atomic E-state index is -3.26. The topological polar surface area (TPSA) is 66.6 Å². The van der Waals surface area contributed by atoms with Crippen molar-refractivity contribution in [1.29, 1.82) is 0 Å². The van der Waals surface area contributed by atoms with Crippen LogP contribution in [0, 0.1) is 0 Å². The van der Waals surface area contributed by atoms with E-state index in [1.165, 1.54) is 4.31 Å². The molecule has 0 amide bonds. The molecule has 0 spiro atoms. The normalized spacial score (nSPS) is 32.3. The Balaban J connectivity index is 2.07. The smallest absolute Gasteiger partial charge is 0.282 e. The van der Waals surface area contributed by atoms with E-state index in [4.69, 9.17) is 5.73 Å². The molecule has 0 bridgehead atoms. The van der Waals surface area contributed by atoms with Crippen molar-refractivity contribution >= 4 is 10.2 Å². The van der Waals surface area contributed by atoms with Gasteiger partial charge in [-0.25, -0.2) is 0 Å². The van der Waals surface area contributed by atoms with Gasteiger partial charge in [0.05, 0.1) is 0 Å². The van der Waals surface area contributed by atoms with E-state index in [0.717, 1.165) is 19.3 Å². The molecule has 0 radical (unpaired) electrons. The quantitative estimate of drug-likeness (QED) is 0.754. The van der Waals surface area contributed by atoms with Crippen molar-refractivity contribution in [1.82, 2.24) is 8.61 Å². The molecule has 0 aromatic rings. The van der Waals surface area contributed by atoms with Gasteiger partial charge in [0.25, 0.3) is 10.2 Å². The van der Waals surface area contributed by atoms with Crippen molar-refractivity contribution in [3.8, 4) is 0 Å². The van der Waals surface area contributed by atoms with Crippen LogP contribution in [0.3, 0.4) is 0 Å². The van der Waals surface area contributed by atoms with Crippen LogP contribution < -0.4 is 5.73 Å². The molecule has 0 aromatic carbocycles. The van der Waals surface area contributed by atoms with E-state index < -0.39 is 10.2 Å². The molecule has 1 atom stereocenters. The van der Waals surface area contributed by atoms with Gasteiger partial charge in [0.1, 0.15) is 0 Å². The molecule has 2 fully saturated rings. The summed E-state index contributed by atoms with van der Waals surface area (Å²) in [5, 5.41) is 0. The van der Waals surface area contributed by atoms with Crippen molar-refractivity contribution in [3.05, 3.63) is 0 Å². The third-order valence-electron chi connectivity index (χ3n) is 3.44. The van der Waals surface area contributed by atoms with Gasteiger partial charge in [0.2, 0.25) is 0 Å². The zero-order valence-corrected chi connectivity index (χ0v) is 10.8. The van der Waals surface area contributed by atoms with Crippen LogP contribution in [0.15, 0.2) is 0 Å². The van der Waals surface area contributed by atoms with Crippen LogP contribution in [0.1, 0.15) is 33.1 Å². The van der Waals surface area contributed by atoms with Crippen LogP contribution in [-0.4, -0.2) is 48.2 Å². The number of nitrogens with two attached hydrogens (primary N) is 1. The molecule has 1 unspecified atom stereocenters. The van der Waals surface area contributed by atoms with Gasteiger partial charge in [-0.2, -0.15) is 17.0 Å². The summed E-state index contributed by atoms with van der Waals surface area (Å²) in [6.45, 7) is 5.41. The number of piperidine rings is 1. The molecule has 16 heavy (non-hydrogen) atoms. The van der Waals surface area contributed by atoms with Gasteiger partial charge in [0, 0.05) is 31.2 Å². The Hall–Kier alpha value is -0.170. The van der Waals surface area contributed by atoms with Crippen LogP contribution in [0.25, 0.3) is 0 Å². The molecular weight excluding hydrogens is 226 g/mol. The minimum absolute atomic E-state index is 0.128. The van der Waals surface area contributed by atoms with Gasteiger partial charge in [-0.15, -0.1) is 0 Å². The van der Waals surface area contributed by atoms with E-state index in [1.54, 1.807) is 4.31 Å². The second-order valence-corrected chi connectivity index (χ2v) is 7.27. The fraction of sp³-hybridized carbons (Fsp3) is 1.00. The van der Waals surface area contributed by atoms with Crippen molar-refractivity contribution in [3.63, 3.8) is 0 Å². The highest BCUT2D eigenvalue weighted by Gasteiger charge is 2.45. The lowest BCUT2D eigenvalue weighted by atomic mass is 9.97. The largest absolute Gasteiger partial charge is 0.323 e. The predicted octanol–water partition coefficient (Wildman–Crippen LogP) is 0.139. The Morgan fingerprint density at radius 1 is 1.31 bits per heavy atom. The molecule has 0 aromatic heterocycles. The number of rotatable bonds is 2. The monoisotopic (exact) mass is 247 g/mol. The maximum Gasteiger partial charge on any atom is 0.282 e. The first-order chi connectivity index (χ1) is 7.33. The number of hydrogen-bond acceptors (Lipinski definition) is 3. The maximum atomic E-state index is 12.3. The van der Waals surface area contributed by atoms with Gasteiger partial charge in [-0.1, -0.05) is 6.42 Å². The van der Waals surface area contributed by atoms with Crippen LogP contribution >= 0.6 is 0 Å². The first-order valence-electron chi connectivity index (χ1n) is 5.89. The molecule has 0 saturated carbocycles. The Morgan fingerprint density at radius 2 is 1.94 bits per heavy atom. The van der Waals surface area contributed by atoms with E-state index in [-0.39, 0.29) is 11.6 Å². The van der Waals surface area contributed by atoms with Crippen LogP contribution in [0.4, 0.5) is 0 Å². The lowest BCUT2D eigenvalue weighted by Gasteiger charge is -2.47. The molecule has 2 N–H and O–H groups in total. The first kappa shape index (κ1) is 12.3. The zero-order chi connectivity index (χ0) is 12.0. The Labute approximate surface area is 97.8 Å². The van der Waals surface area contributed by atoms with Crippen molar-refractivity contribution in [2.45, 2.75) is 44.7 Å². The summed E-state index contributed by atoms with van der Waals surface area (Å²) in [5.41, 5.74) is 5.51. The molecule has 0 aliphatic carbocycles. The molecule has 2 rings (SSSR count). The van der Waals surface area contributed by atoms with Crippen molar-refractivity contribution < 1.29 is 8.42 Å². The summed E-state index contributed by atoms with van der Waals surface area (Å²) in [6, 6.07) is 0.128. The zero-order valence-electron chi connectivity index (χ0n) is 10.0. The fourth-order valence-electron chi connectivity index (χ4n) is 2.49. The van der Waals surface area contributed by atoms with Crippen LogP contribution in [-0.2, 0) is 10.2 Å². The fourth-order valence-corrected chi connectivity index (χ4v) is 4.62. The second kappa shape index (κ2) is 3.94. The van der Waals surface area contributed by atoms with E-state index in [1.807, 2.05) is 13.8 Å². The van der Waals surface area contributed by atoms with Gasteiger partial charge >= 0.3 is 0 Å². The summed E-state index contributed by atoms with van der Waals surface area (Å²) in [7, 11) is -3.26. The van der Waals surface area contributed by atoms with Crippen molar-refractivity contribution in [2.24, 2.45) is 5.73 Å². The van der Waals surface area contributed by atoms with Crippen molar-refractivity contribution in [2.75, 3.05) is 19.6 Å². The van der Waals surface area contributed by atoms with Gasteiger partial charge in [0.15, 0.2) is 0 Å². The molecule has 2 aliphatic heterocycles. The third-order valence-corrected chi connectivity index (χ3v) is 5.49. The first-order valence-corrected chi connectivity index (χ1v) is 7.28. The van der Waals surface area contributed by atoms with Gasteiger partial charge in [-0.05, 0) is 26.7 Å². The standard InChI is InChI=1S/C10H21N3O2S/c1-9-5-3-4-6-13(9)16(14,15)12-7-10(2,11)8-12/h9H,3-8,11H2,1-2H3. The Kier molecular flexibility index (Phi) is 3.03. The molecule has 94 valence electrons. The lowest BCUT2D eigenvalue weighted by molar-refractivity contribution is 0.151. The highest BCUT2D eigenvalue weighted by Crippen LogP contribution is 2.27. The molecule has 2 saturated heterocycles. The van der Waals surface area contributed by atoms with Gasteiger partial charge < -0.3 is 5.73 Å². The second-order valence-electron chi connectivity index (χ2n) is 5.39. The summed E-state index contributed by atoms with van der Waals surface area (Å²) < 4.78 is 27.7. The molecule has 2 aliphatic rings. The summed E-state index contributed by atoms with van der Waals surface area (Å²) >= 11 is 0. The Morgan fingerprint density at radius 3 is 2.44 bits per heavy atom. The SMILES string of the molecule is CC1CCCCN1S(=O)(=O)N1CC(C)(N)C1. The van der Waals surface area contributed by atoms with Crippen LogP contribution in [0.5, 0.6) is 0 Å². The summed E-state index contributed by atoms with van der Waals surface area (Å²) in [4.78, 5) is 0. The van der Waals surface area contributed by atoms with Crippen LogP contribution in [0.2, 0.25) is 0 Å². The van der Waals surface area contributed by atoms with E-state index in [9.17, 15) is 8.42 Å². The highest BCUT2D eigenvalue weighted by atomic mass is 32.2. The predicted molar refractivity (Wildman–Crippen MR) is 63.1 cm³/mol. The van der Waals surface area contributed by atoms with Gasteiger partial charge in [-0.3, -0.25) is 0 Å². The van der Waals surface area contributed by atoms with E-state index >= 15 is 0 Å². The average Bonchev–Trinajstić information content (AvgIpc) is 2.14. The Bertz CT molecular complexity index is 358. The average molecular weight is 247 g/mol. The minimum Gasteiger partial charge on any atom is -0.323 e. The number of nitrogens with zero attached hydrogens (tertiary/aromatic N) is 2. The lowest BCUT2D eigenvalue weighted by Crippen LogP contribution is -2.69. The third kappa shape index (κ3) is 2.11. The summed E-state index contributed by atoms with van der Waals surface area (Å²) in [5.74, 6) is 0.